The Morgan fingerprint density at radius 1 is 1.38 bits per heavy atom. The molecule has 4 heterocycles. The largest absolute Gasteiger partial charge is 0.438 e. The van der Waals surface area contributed by atoms with Crippen molar-refractivity contribution in [2.24, 2.45) is 5.92 Å². The first-order valence-electron chi connectivity index (χ1n) is 8.96. The fraction of sp³-hybridized carbons (Fsp3) is 0.526. The maximum atomic E-state index is 12.5. The van der Waals surface area contributed by atoms with Crippen LogP contribution in [0.2, 0.25) is 0 Å². The number of nitrogens with zero attached hydrogens (tertiary/aromatic N) is 4. The van der Waals surface area contributed by atoms with Gasteiger partial charge in [0.05, 0.1) is 30.1 Å². The van der Waals surface area contributed by atoms with Gasteiger partial charge in [0.1, 0.15) is 0 Å². The van der Waals surface area contributed by atoms with E-state index in [1.807, 2.05) is 23.1 Å². The van der Waals surface area contributed by atoms with Crippen molar-refractivity contribution >= 4 is 5.91 Å². The summed E-state index contributed by atoms with van der Waals surface area (Å²) in [7, 11) is 2.14. The number of oxazole rings is 1. The van der Waals surface area contributed by atoms with E-state index < -0.39 is 0 Å². The van der Waals surface area contributed by atoms with Gasteiger partial charge in [-0.05, 0) is 38.4 Å². The summed E-state index contributed by atoms with van der Waals surface area (Å²) in [5.74, 6) is 0.776. The van der Waals surface area contributed by atoms with E-state index in [4.69, 9.17) is 9.15 Å². The van der Waals surface area contributed by atoms with Gasteiger partial charge in [-0.3, -0.25) is 14.7 Å². The van der Waals surface area contributed by atoms with Crippen molar-refractivity contribution in [3.8, 4) is 0 Å². The third kappa shape index (κ3) is 3.12. The highest BCUT2D eigenvalue weighted by molar-refractivity contribution is 5.93. The molecule has 0 aliphatic carbocycles. The van der Waals surface area contributed by atoms with Gasteiger partial charge < -0.3 is 14.1 Å². The quantitative estimate of drug-likeness (QED) is 0.813. The molecule has 2 aliphatic heterocycles. The van der Waals surface area contributed by atoms with E-state index in [2.05, 4.69) is 21.9 Å². The Morgan fingerprint density at radius 2 is 2.23 bits per heavy atom. The van der Waals surface area contributed by atoms with E-state index in [1.165, 1.54) is 6.39 Å². The molecular formula is C19H24N4O3. The molecule has 2 aliphatic rings. The second kappa shape index (κ2) is 6.81. The van der Waals surface area contributed by atoms with E-state index in [9.17, 15) is 4.79 Å². The first-order chi connectivity index (χ1) is 12.6. The molecule has 1 spiro atoms. The van der Waals surface area contributed by atoms with E-state index >= 15 is 0 Å². The molecule has 7 nitrogen and oxygen atoms in total. The van der Waals surface area contributed by atoms with Crippen molar-refractivity contribution in [3.05, 3.63) is 47.9 Å². The average Bonchev–Trinajstić information content (AvgIpc) is 3.17. The average molecular weight is 356 g/mol. The van der Waals surface area contributed by atoms with E-state index in [0.717, 1.165) is 38.4 Å². The Kier molecular flexibility index (Phi) is 4.50. The second-order valence-electron chi connectivity index (χ2n) is 7.44. The normalized spacial score (nSPS) is 21.9. The lowest BCUT2D eigenvalue weighted by atomic mass is 9.84. The van der Waals surface area contributed by atoms with Crippen LogP contribution in [0.1, 0.15) is 28.4 Å². The third-order valence-electron chi connectivity index (χ3n) is 5.54. The van der Waals surface area contributed by atoms with Crippen LogP contribution in [0, 0.1) is 12.8 Å². The summed E-state index contributed by atoms with van der Waals surface area (Å²) in [5, 5.41) is 0. The zero-order chi connectivity index (χ0) is 18.1. The molecule has 0 radical (unpaired) electrons. The van der Waals surface area contributed by atoms with E-state index in [1.54, 1.807) is 13.1 Å². The van der Waals surface area contributed by atoms with Crippen LogP contribution < -0.4 is 0 Å². The van der Waals surface area contributed by atoms with Crippen molar-refractivity contribution in [2.45, 2.75) is 25.5 Å². The van der Waals surface area contributed by atoms with Crippen LogP contribution in [-0.2, 0) is 11.3 Å². The van der Waals surface area contributed by atoms with Gasteiger partial charge in [-0.25, -0.2) is 4.98 Å². The Hall–Kier alpha value is -2.25. The standard InChI is InChI=1S/C19H24N4O3/c1-14-17(26-13-21-14)18(24)23-11-19(12-23)7-15(8-22(19)2)9-25-10-16-5-3-4-6-20-16/h3-6,13,15H,7-12H2,1-2H3/t15-/m0/s1. The molecule has 2 fully saturated rings. The molecule has 1 amide bonds. The Morgan fingerprint density at radius 3 is 2.92 bits per heavy atom. The zero-order valence-electron chi connectivity index (χ0n) is 15.2. The van der Waals surface area contributed by atoms with Gasteiger partial charge in [0, 0.05) is 25.8 Å². The number of aromatic nitrogens is 2. The van der Waals surface area contributed by atoms with Crippen LogP contribution in [-0.4, -0.2) is 64.5 Å². The molecule has 0 unspecified atom stereocenters. The highest BCUT2D eigenvalue weighted by Crippen LogP contribution is 2.40. The van der Waals surface area contributed by atoms with Crippen LogP contribution in [0.4, 0.5) is 0 Å². The summed E-state index contributed by atoms with van der Waals surface area (Å²) >= 11 is 0. The van der Waals surface area contributed by atoms with Crippen LogP contribution in [0.3, 0.4) is 0 Å². The van der Waals surface area contributed by atoms with Crippen molar-refractivity contribution < 1.29 is 13.9 Å². The van der Waals surface area contributed by atoms with Crippen LogP contribution in [0.25, 0.3) is 0 Å². The third-order valence-corrected chi connectivity index (χ3v) is 5.54. The summed E-state index contributed by atoms with van der Waals surface area (Å²) < 4.78 is 11.1. The fourth-order valence-electron chi connectivity index (χ4n) is 4.09. The zero-order valence-corrected chi connectivity index (χ0v) is 15.2. The minimum Gasteiger partial charge on any atom is -0.438 e. The summed E-state index contributed by atoms with van der Waals surface area (Å²) in [5.41, 5.74) is 1.68. The number of pyridine rings is 1. The Bertz CT molecular complexity index is 770. The number of amides is 1. The number of aryl methyl sites for hydroxylation is 1. The first-order valence-corrected chi connectivity index (χ1v) is 8.96. The molecule has 4 rings (SSSR count). The number of carbonyl (C=O) groups excluding carboxylic acids is 1. The second-order valence-corrected chi connectivity index (χ2v) is 7.44. The van der Waals surface area contributed by atoms with Gasteiger partial charge in [-0.15, -0.1) is 0 Å². The predicted molar refractivity (Wildman–Crippen MR) is 94.5 cm³/mol. The Labute approximate surface area is 153 Å². The number of likely N-dealkylation sites (tertiary alicyclic amines) is 2. The molecular weight excluding hydrogens is 332 g/mol. The SMILES string of the molecule is Cc1ncoc1C(=O)N1CC2(C[C@H](COCc3ccccn3)CN2C)C1. The van der Waals surface area contributed by atoms with Crippen LogP contribution in [0.15, 0.2) is 35.2 Å². The lowest BCUT2D eigenvalue weighted by molar-refractivity contribution is -0.00992. The predicted octanol–water partition coefficient (Wildman–Crippen LogP) is 1.74. The first kappa shape index (κ1) is 17.2. The number of likely N-dealkylation sites (N-methyl/N-ethyl adjacent to an activating group) is 1. The number of ether oxygens (including phenoxy) is 1. The molecule has 0 saturated carbocycles. The van der Waals surface area contributed by atoms with Gasteiger partial charge in [0.25, 0.3) is 5.91 Å². The molecule has 0 bridgehead atoms. The van der Waals surface area contributed by atoms with Gasteiger partial charge in [-0.1, -0.05) is 6.07 Å². The van der Waals surface area contributed by atoms with Gasteiger partial charge in [0.2, 0.25) is 5.76 Å². The summed E-state index contributed by atoms with van der Waals surface area (Å²) in [4.78, 5) is 25.0. The van der Waals surface area contributed by atoms with Crippen molar-refractivity contribution in [1.29, 1.82) is 0 Å². The molecule has 0 aromatic carbocycles. The molecule has 7 heteroatoms. The molecule has 2 saturated heterocycles. The van der Waals surface area contributed by atoms with Crippen molar-refractivity contribution in [1.82, 2.24) is 19.8 Å². The smallest absolute Gasteiger partial charge is 0.291 e. The summed E-state index contributed by atoms with van der Waals surface area (Å²) in [6.45, 7) is 5.52. The number of carbonyl (C=O) groups is 1. The highest BCUT2D eigenvalue weighted by atomic mass is 16.5. The maximum absolute atomic E-state index is 12.5. The molecule has 1 atom stereocenters. The molecule has 26 heavy (non-hydrogen) atoms. The molecule has 2 aromatic heterocycles. The van der Waals surface area contributed by atoms with Gasteiger partial charge >= 0.3 is 0 Å². The lowest BCUT2D eigenvalue weighted by Gasteiger charge is -2.51. The topological polar surface area (TPSA) is 71.7 Å². The number of rotatable bonds is 5. The fourth-order valence-corrected chi connectivity index (χ4v) is 4.09. The van der Waals surface area contributed by atoms with Crippen molar-refractivity contribution in [3.63, 3.8) is 0 Å². The summed E-state index contributed by atoms with van der Waals surface area (Å²) in [6.07, 6.45) is 4.16. The number of hydrogen-bond donors (Lipinski definition) is 0. The highest BCUT2D eigenvalue weighted by Gasteiger charge is 2.53. The van der Waals surface area contributed by atoms with Crippen molar-refractivity contribution in [2.75, 3.05) is 33.3 Å². The monoisotopic (exact) mass is 356 g/mol. The molecule has 2 aromatic rings. The Balaban J connectivity index is 1.28. The summed E-state index contributed by atoms with van der Waals surface area (Å²) in [6, 6.07) is 5.85. The number of hydrogen-bond acceptors (Lipinski definition) is 6. The lowest BCUT2D eigenvalue weighted by Crippen LogP contribution is -2.68. The van der Waals surface area contributed by atoms with Crippen LogP contribution >= 0.6 is 0 Å². The minimum absolute atomic E-state index is 0.0612. The van der Waals surface area contributed by atoms with E-state index in [-0.39, 0.29) is 11.4 Å². The van der Waals surface area contributed by atoms with Gasteiger partial charge in [0.15, 0.2) is 6.39 Å². The van der Waals surface area contributed by atoms with Crippen LogP contribution in [0.5, 0.6) is 0 Å². The maximum Gasteiger partial charge on any atom is 0.291 e. The molecule has 138 valence electrons. The van der Waals surface area contributed by atoms with E-state index in [0.29, 0.717) is 24.0 Å². The van der Waals surface area contributed by atoms with Gasteiger partial charge in [-0.2, -0.15) is 0 Å². The molecule has 0 N–H and O–H groups in total. The minimum atomic E-state index is -0.0612.